The zero-order valence-corrected chi connectivity index (χ0v) is 54.3. The van der Waals surface area contributed by atoms with E-state index in [1.54, 1.807) is 24.4 Å². The fourth-order valence-electron chi connectivity index (χ4n) is 13.4. The molecule has 2 aliphatic carbocycles. The van der Waals surface area contributed by atoms with Crippen molar-refractivity contribution in [3.63, 3.8) is 0 Å². The molecule has 0 spiro atoms. The van der Waals surface area contributed by atoms with Gasteiger partial charge in [-0.3, -0.25) is 13.7 Å². The molecule has 0 amide bonds. The van der Waals surface area contributed by atoms with Crippen LogP contribution in [0.15, 0.2) is 243 Å². The molecule has 2 aliphatic rings. The van der Waals surface area contributed by atoms with Crippen molar-refractivity contribution in [1.29, 1.82) is 0 Å². The second-order valence-corrected chi connectivity index (χ2v) is 30.6. The Hall–Kier alpha value is -9.36. The number of aromatic nitrogens is 4. The van der Waals surface area contributed by atoms with Crippen molar-refractivity contribution in [1.82, 2.24) is 14.1 Å². The molecule has 15 rings (SSSR count). The molecule has 10 aromatic carbocycles. The molecule has 96 heavy (non-hydrogen) atoms. The Balaban J connectivity index is 1.19. The number of ether oxygens (including phenoxy) is 1. The standard InChI is InChI=1S/C90H90N4OSi/c1-85(2,3)62-44-49-91-83(54-62)94-79-35-25-24-34-71(79)72-41-40-65(58-82(72)94)95-66-55-64(56-70(57-66)96(67-28-18-15-19-29-67,68-30-20-16-21-31-68)69-32-22-17-23-33-69)92-59-93(81-37-27-26-36-80(81)92)84-73(60-38-42-75-77(50-60)89(11,12)47-45-87(75,7)8)52-63(86(4,5)6)53-74(84)61-39-43-76-78(51-61)90(13,14)48-46-88(76,9)10/h15-44,49-58H,45-48H2,1-14H3/i7D3,8D3,9D3,10D3,11D3,12D3,13D3,14D3,38D,39D,42D,43D,45D2,46D2,47D2,48D2,50D,51D. The molecule has 13 aromatic rings. The van der Waals surface area contributed by atoms with Crippen molar-refractivity contribution < 1.29 is 61.4 Å². The number of benzene rings is 10. The number of pyridine rings is 1. The quantitative estimate of drug-likeness (QED) is 0.0560. The summed E-state index contributed by atoms with van der Waals surface area (Å²) >= 11 is 0. The number of hydrogen-bond donors (Lipinski definition) is 0. The number of nitrogens with zero attached hydrogens (tertiary/aromatic N) is 4. The maximum absolute atomic E-state index is 10.9. The Bertz CT molecular complexity index is 6560. The first kappa shape index (κ1) is 33.1. The van der Waals surface area contributed by atoms with Crippen LogP contribution in [0.25, 0.3) is 72.3 Å². The van der Waals surface area contributed by atoms with E-state index in [1.165, 1.54) is 43.5 Å². The summed E-state index contributed by atoms with van der Waals surface area (Å²) in [7, 11) is -3.90. The van der Waals surface area contributed by atoms with E-state index < -0.39 is 202 Å². The third-order valence-electron chi connectivity index (χ3n) is 18.2. The molecule has 0 saturated heterocycles. The minimum Gasteiger partial charge on any atom is -0.458 e. The van der Waals surface area contributed by atoms with Crippen LogP contribution in [0.3, 0.4) is 0 Å². The SMILES string of the molecule is [2H]c1c([2H])c2c(c([2H])c1-c1cc(C(C)(C)C)cc(-c3c([2H])c([2H])c4c(c3[2H])C(C([2H])([2H])[2H])(C([2H])([2H])[2H])C([2H])([2H])C([2H])([2H])C4(C([2H])([2H])[2H])C([2H])([2H])[2H])c1-[n+]1[c-]n(-c3cc(Oc4ccc5c6ccccc6n(-c6cc(C(C)(C)C)ccn6)c5c4)cc([Si](c4ccccc4)(c4ccccc4)c4ccccc4)c3)c3ccccc31)C(C([2H])([2H])[2H])(C([2H])([2H])[2H])C([2H])([2H])C([2H])([2H])C2(C([2H])([2H])[2H])C([2H])([2H])[2H]. The summed E-state index contributed by atoms with van der Waals surface area (Å²) in [6.45, 7) is -26.1. The van der Waals surface area contributed by atoms with E-state index in [2.05, 4.69) is 27.1 Å². The molecular formula is C90H90N4OSi. The molecule has 3 aromatic heterocycles. The second kappa shape index (κ2) is 22.9. The first-order valence-electron chi connectivity index (χ1n) is 50.4. The fourth-order valence-corrected chi connectivity index (χ4v) is 18.2. The average Bonchev–Trinajstić information content (AvgIpc) is 0.655. The van der Waals surface area contributed by atoms with Gasteiger partial charge in [-0.1, -0.05) is 278 Å². The van der Waals surface area contributed by atoms with Gasteiger partial charge in [0, 0.05) is 66.9 Å². The summed E-state index contributed by atoms with van der Waals surface area (Å²) in [6.07, 6.45) is -14.4. The zero-order chi connectivity index (χ0) is 99.3. The molecular weight excluding hydrogens is 1180 g/mol. The monoisotopic (exact) mass is 1310 g/mol. The smallest absolute Gasteiger partial charge is 0.269 e. The van der Waals surface area contributed by atoms with E-state index in [-0.39, 0.29) is 39.2 Å². The van der Waals surface area contributed by atoms with Gasteiger partial charge in [-0.25, -0.2) is 4.98 Å². The van der Waals surface area contributed by atoms with Gasteiger partial charge in [0.05, 0.1) is 41.7 Å². The first-order valence-corrected chi connectivity index (χ1v) is 33.4. The normalized spacial score (nSPS) is 24.7. The van der Waals surface area contributed by atoms with Crippen LogP contribution in [0.5, 0.6) is 11.5 Å². The molecule has 0 unspecified atom stereocenters. The van der Waals surface area contributed by atoms with Gasteiger partial charge in [0.1, 0.15) is 17.3 Å². The van der Waals surface area contributed by atoms with Crippen LogP contribution in [0.1, 0.15) is 207 Å². The van der Waals surface area contributed by atoms with Gasteiger partial charge in [0.2, 0.25) is 0 Å². The lowest BCUT2D eigenvalue weighted by atomic mass is 9.62. The first-order chi connectivity index (χ1) is 61.4. The van der Waals surface area contributed by atoms with Crippen LogP contribution in [0.2, 0.25) is 0 Å². The second-order valence-electron chi connectivity index (χ2n) is 26.8. The maximum atomic E-state index is 10.9. The van der Waals surface area contributed by atoms with Gasteiger partial charge < -0.3 is 4.74 Å². The van der Waals surface area contributed by atoms with Gasteiger partial charge in [-0.2, -0.15) is 0 Å². The van der Waals surface area contributed by atoms with Gasteiger partial charge in [-0.05, 0) is 183 Å². The van der Waals surface area contributed by atoms with Crippen LogP contribution in [0, 0.1) is 6.33 Å². The lowest BCUT2D eigenvalue weighted by molar-refractivity contribution is -0.571. The van der Waals surface area contributed by atoms with Gasteiger partial charge in [0.15, 0.2) is 8.07 Å². The predicted molar refractivity (Wildman–Crippen MR) is 405 cm³/mol. The molecule has 480 valence electrons. The summed E-state index contributed by atoms with van der Waals surface area (Å²) in [6, 6.07) is 48.9. The minimum atomic E-state index is -4.90. The van der Waals surface area contributed by atoms with Crippen molar-refractivity contribution >= 4 is 61.7 Å². The lowest BCUT2D eigenvalue weighted by Crippen LogP contribution is -2.74. The fraction of sp³-hybridized carbons (Fsp3) is 0.267. The number of para-hydroxylation sites is 3. The molecule has 0 saturated carbocycles. The van der Waals surface area contributed by atoms with E-state index in [0.717, 1.165) is 54.1 Å². The van der Waals surface area contributed by atoms with Crippen LogP contribution in [-0.2, 0) is 32.5 Å². The molecule has 0 atom stereocenters. The molecule has 0 bridgehead atoms. The topological polar surface area (TPSA) is 35.9 Å². The highest BCUT2D eigenvalue weighted by molar-refractivity contribution is 7.20. The largest absolute Gasteiger partial charge is 0.458 e. The van der Waals surface area contributed by atoms with Crippen molar-refractivity contribution in [3.8, 4) is 50.9 Å². The summed E-state index contributed by atoms with van der Waals surface area (Å²) in [5.41, 5.74) is -31.6. The highest BCUT2D eigenvalue weighted by Gasteiger charge is 2.43. The van der Waals surface area contributed by atoms with E-state index >= 15 is 0 Å². The molecule has 6 heteroatoms. The van der Waals surface area contributed by atoms with Crippen molar-refractivity contribution in [2.45, 2.75) is 154 Å². The lowest BCUT2D eigenvalue weighted by Gasteiger charge is -2.42. The average molecular weight is 1310 g/mol. The van der Waals surface area contributed by atoms with Crippen molar-refractivity contribution in [2.75, 3.05) is 0 Å². The van der Waals surface area contributed by atoms with Crippen LogP contribution in [0.4, 0.5) is 0 Å². The van der Waals surface area contributed by atoms with Gasteiger partial charge in [-0.15, -0.1) is 0 Å². The Morgan fingerprint density at radius 2 is 0.979 bits per heavy atom. The Morgan fingerprint density at radius 3 is 1.52 bits per heavy atom. The van der Waals surface area contributed by atoms with Crippen LogP contribution in [-0.4, -0.2) is 22.2 Å². The number of imidazole rings is 1. The molecule has 5 nitrogen and oxygen atoms in total. The number of fused-ring (bicyclic) bond motifs is 6. The Morgan fingerprint density at radius 1 is 0.479 bits per heavy atom. The highest BCUT2D eigenvalue weighted by Crippen LogP contribution is 2.51. The van der Waals surface area contributed by atoms with Crippen LogP contribution < -0.4 is 30.1 Å². The summed E-state index contributed by atoms with van der Waals surface area (Å²) in [4.78, 5) is 4.91. The third kappa shape index (κ3) is 10.7. The molecule has 0 aliphatic heterocycles. The number of rotatable bonds is 11. The molecule has 3 heterocycles. The van der Waals surface area contributed by atoms with E-state index in [1.807, 2.05) is 156 Å². The van der Waals surface area contributed by atoms with E-state index in [9.17, 15) is 35.6 Å². The number of hydrogen-bond acceptors (Lipinski definition) is 2. The van der Waals surface area contributed by atoms with Gasteiger partial charge >= 0.3 is 0 Å². The summed E-state index contributed by atoms with van der Waals surface area (Å²) in [5.74, 6) is 0.964. The molecule has 0 fully saturated rings. The predicted octanol–water partition coefficient (Wildman–Crippen LogP) is 20.0. The summed E-state index contributed by atoms with van der Waals surface area (Å²) in [5, 5.41) is 4.70. The van der Waals surface area contributed by atoms with Gasteiger partial charge in [0.25, 0.3) is 6.33 Å². The molecule has 0 N–H and O–H groups in total. The maximum Gasteiger partial charge on any atom is 0.269 e. The zero-order valence-electron chi connectivity index (χ0n) is 91.3. The van der Waals surface area contributed by atoms with Crippen LogP contribution >= 0.6 is 0 Å². The third-order valence-corrected chi connectivity index (χ3v) is 23.0. The van der Waals surface area contributed by atoms with Crippen molar-refractivity contribution in [3.05, 3.63) is 282 Å². The van der Waals surface area contributed by atoms with E-state index in [0.29, 0.717) is 16.5 Å². The summed E-state index contributed by atoms with van der Waals surface area (Å²) < 4.78 is 376. The Labute approximate surface area is 623 Å². The highest BCUT2D eigenvalue weighted by atomic mass is 28.3. The minimum absolute atomic E-state index is 0.0288. The molecule has 0 radical (unpaired) electrons. The van der Waals surface area contributed by atoms with Crippen molar-refractivity contribution in [2.24, 2.45) is 0 Å². The van der Waals surface area contributed by atoms with E-state index in [4.69, 9.17) is 26.2 Å². The Kier molecular flexibility index (Phi) is 7.89.